The highest BCUT2D eigenvalue weighted by Gasteiger charge is 2.22. The summed E-state index contributed by atoms with van der Waals surface area (Å²) in [6.45, 7) is 0. The van der Waals surface area contributed by atoms with E-state index >= 15 is 0 Å². The van der Waals surface area contributed by atoms with Crippen molar-refractivity contribution in [2.24, 2.45) is 0 Å². The summed E-state index contributed by atoms with van der Waals surface area (Å²) in [4.78, 5) is 14.1. The van der Waals surface area contributed by atoms with Crippen molar-refractivity contribution in [2.45, 2.75) is 30.2 Å². The lowest BCUT2D eigenvalue weighted by Crippen LogP contribution is -2.39. The van der Waals surface area contributed by atoms with Crippen LogP contribution < -0.4 is 5.32 Å². The van der Waals surface area contributed by atoms with Gasteiger partial charge in [0.1, 0.15) is 10.6 Å². The molecule has 0 unspecified atom stereocenters. The first-order valence-electron chi connectivity index (χ1n) is 4.91. The SMILES string of the molecule is O=C(NC1CCC1)c1cc(S(=O)(=O)Cl)c[nH]1. The fraction of sp³-hybridized carbons (Fsp3) is 0.444. The highest BCUT2D eigenvalue weighted by atomic mass is 35.7. The van der Waals surface area contributed by atoms with E-state index in [1.54, 1.807) is 0 Å². The van der Waals surface area contributed by atoms with Crippen molar-refractivity contribution >= 4 is 25.6 Å². The van der Waals surface area contributed by atoms with Gasteiger partial charge in [0.15, 0.2) is 0 Å². The molecule has 0 bridgehead atoms. The minimum absolute atomic E-state index is 0.0899. The quantitative estimate of drug-likeness (QED) is 0.804. The lowest BCUT2D eigenvalue weighted by Gasteiger charge is -2.25. The predicted molar refractivity (Wildman–Crippen MR) is 58.9 cm³/mol. The van der Waals surface area contributed by atoms with E-state index in [2.05, 4.69) is 10.3 Å². The molecule has 7 heteroatoms. The number of rotatable bonds is 3. The molecule has 1 aromatic rings. The van der Waals surface area contributed by atoms with Crippen molar-refractivity contribution in [1.29, 1.82) is 0 Å². The molecule has 1 aliphatic rings. The smallest absolute Gasteiger partial charge is 0.267 e. The van der Waals surface area contributed by atoms with Crippen LogP contribution in [0.15, 0.2) is 17.2 Å². The van der Waals surface area contributed by atoms with Gasteiger partial charge in [-0.15, -0.1) is 0 Å². The van der Waals surface area contributed by atoms with Crippen molar-refractivity contribution in [1.82, 2.24) is 10.3 Å². The van der Waals surface area contributed by atoms with Gasteiger partial charge >= 0.3 is 0 Å². The average molecular weight is 263 g/mol. The van der Waals surface area contributed by atoms with Crippen molar-refractivity contribution in [3.63, 3.8) is 0 Å². The summed E-state index contributed by atoms with van der Waals surface area (Å²) in [7, 11) is 1.37. The monoisotopic (exact) mass is 262 g/mol. The summed E-state index contributed by atoms with van der Waals surface area (Å²) >= 11 is 0. The number of hydrogen-bond donors (Lipinski definition) is 2. The maximum Gasteiger partial charge on any atom is 0.267 e. The Bertz CT molecular complexity index is 505. The third kappa shape index (κ3) is 2.38. The lowest BCUT2D eigenvalue weighted by molar-refractivity contribution is 0.0912. The first-order valence-corrected chi connectivity index (χ1v) is 7.22. The minimum atomic E-state index is -3.77. The third-order valence-electron chi connectivity index (χ3n) is 2.62. The molecule has 0 atom stereocenters. The number of aromatic amines is 1. The molecule has 5 nitrogen and oxygen atoms in total. The first-order chi connectivity index (χ1) is 7.47. The Morgan fingerprint density at radius 2 is 2.19 bits per heavy atom. The van der Waals surface area contributed by atoms with Gasteiger partial charge in [-0.25, -0.2) is 8.42 Å². The van der Waals surface area contributed by atoms with Gasteiger partial charge in [-0.05, 0) is 25.3 Å². The van der Waals surface area contributed by atoms with Crippen molar-refractivity contribution in [3.05, 3.63) is 18.0 Å². The van der Waals surface area contributed by atoms with E-state index in [1.807, 2.05) is 0 Å². The van der Waals surface area contributed by atoms with Crippen molar-refractivity contribution < 1.29 is 13.2 Å². The van der Waals surface area contributed by atoms with E-state index in [9.17, 15) is 13.2 Å². The number of aromatic nitrogens is 1. The van der Waals surface area contributed by atoms with E-state index in [0.717, 1.165) is 19.3 Å². The van der Waals surface area contributed by atoms with Gasteiger partial charge < -0.3 is 10.3 Å². The first kappa shape index (κ1) is 11.5. The highest BCUT2D eigenvalue weighted by Crippen LogP contribution is 2.19. The molecule has 1 aliphatic carbocycles. The molecule has 1 fully saturated rings. The van der Waals surface area contributed by atoms with Crippen LogP contribution in [-0.2, 0) is 9.05 Å². The van der Waals surface area contributed by atoms with Crippen LogP contribution in [0.4, 0.5) is 0 Å². The van der Waals surface area contributed by atoms with Crippen LogP contribution in [0.25, 0.3) is 0 Å². The average Bonchev–Trinajstić information content (AvgIpc) is 2.58. The van der Waals surface area contributed by atoms with Crippen LogP contribution in [0.2, 0.25) is 0 Å². The second-order valence-corrected chi connectivity index (χ2v) is 6.35. The Morgan fingerprint density at radius 3 is 2.62 bits per heavy atom. The fourth-order valence-electron chi connectivity index (χ4n) is 1.46. The maximum atomic E-state index is 11.6. The second kappa shape index (κ2) is 4.10. The van der Waals surface area contributed by atoms with E-state index < -0.39 is 9.05 Å². The molecule has 1 heterocycles. The molecule has 0 radical (unpaired) electrons. The Morgan fingerprint density at radius 1 is 1.50 bits per heavy atom. The van der Waals surface area contributed by atoms with Crippen LogP contribution in [0, 0.1) is 0 Å². The topological polar surface area (TPSA) is 79.0 Å². The lowest BCUT2D eigenvalue weighted by atomic mass is 9.93. The van der Waals surface area contributed by atoms with Gasteiger partial charge in [0.25, 0.3) is 15.0 Å². The molecule has 0 spiro atoms. The van der Waals surface area contributed by atoms with Crippen molar-refractivity contribution in [2.75, 3.05) is 0 Å². The molecule has 1 amide bonds. The Balaban J connectivity index is 2.09. The molecule has 1 saturated carbocycles. The number of halogens is 1. The van der Waals surface area contributed by atoms with Gasteiger partial charge in [-0.2, -0.15) is 0 Å². The Kier molecular flexibility index (Phi) is 2.94. The van der Waals surface area contributed by atoms with Gasteiger partial charge in [0.05, 0.1) is 0 Å². The molecule has 16 heavy (non-hydrogen) atoms. The summed E-state index contributed by atoms with van der Waals surface area (Å²) < 4.78 is 21.9. The van der Waals surface area contributed by atoms with Gasteiger partial charge in [-0.1, -0.05) is 0 Å². The summed E-state index contributed by atoms with van der Waals surface area (Å²) in [5.41, 5.74) is 0.214. The molecule has 0 aliphatic heterocycles. The van der Waals surface area contributed by atoms with E-state index in [1.165, 1.54) is 12.3 Å². The predicted octanol–water partition coefficient (Wildman–Crippen LogP) is 1.22. The summed E-state index contributed by atoms with van der Waals surface area (Å²) in [5.74, 6) is -0.295. The normalized spacial score (nSPS) is 16.8. The molecule has 0 aromatic carbocycles. The van der Waals surface area contributed by atoms with Crippen LogP contribution in [0.1, 0.15) is 29.8 Å². The summed E-state index contributed by atoms with van der Waals surface area (Å²) in [5, 5.41) is 2.79. The standard InChI is InChI=1S/C9H11ClN2O3S/c10-16(14,15)7-4-8(11-5-7)9(13)12-6-2-1-3-6/h4-6,11H,1-3H2,(H,12,13). The van der Waals surface area contributed by atoms with Crippen molar-refractivity contribution in [3.8, 4) is 0 Å². The molecule has 88 valence electrons. The second-order valence-electron chi connectivity index (χ2n) is 3.79. The van der Waals surface area contributed by atoms with Gasteiger partial charge in [-0.3, -0.25) is 4.79 Å². The van der Waals surface area contributed by atoms with E-state index in [4.69, 9.17) is 10.7 Å². The number of carbonyl (C=O) groups excluding carboxylic acids is 1. The van der Waals surface area contributed by atoms with Gasteiger partial charge in [0, 0.05) is 22.9 Å². The van der Waals surface area contributed by atoms with Crippen LogP contribution in [-0.4, -0.2) is 25.4 Å². The fourth-order valence-corrected chi connectivity index (χ4v) is 2.19. The Labute approximate surface area is 97.6 Å². The molecule has 2 N–H and O–H groups in total. The number of amides is 1. The summed E-state index contributed by atoms with van der Waals surface area (Å²) in [6.07, 6.45) is 4.29. The zero-order chi connectivity index (χ0) is 11.8. The largest absolute Gasteiger partial charge is 0.356 e. The van der Waals surface area contributed by atoms with Crippen LogP contribution in [0.3, 0.4) is 0 Å². The van der Waals surface area contributed by atoms with E-state index in [0.29, 0.717) is 0 Å². The minimum Gasteiger partial charge on any atom is -0.356 e. The number of H-pyrrole nitrogens is 1. The third-order valence-corrected chi connectivity index (χ3v) is 3.96. The highest BCUT2D eigenvalue weighted by molar-refractivity contribution is 8.13. The zero-order valence-electron chi connectivity index (χ0n) is 8.36. The van der Waals surface area contributed by atoms with Crippen LogP contribution in [0.5, 0.6) is 0 Å². The van der Waals surface area contributed by atoms with Gasteiger partial charge in [0.2, 0.25) is 0 Å². The molecule has 0 saturated heterocycles. The van der Waals surface area contributed by atoms with Crippen LogP contribution >= 0.6 is 10.7 Å². The molecule has 1 aromatic heterocycles. The Hall–Kier alpha value is -1.01. The molecule has 2 rings (SSSR count). The number of hydrogen-bond acceptors (Lipinski definition) is 3. The van der Waals surface area contributed by atoms with E-state index in [-0.39, 0.29) is 22.5 Å². The summed E-state index contributed by atoms with van der Waals surface area (Å²) in [6, 6.07) is 1.45. The maximum absolute atomic E-state index is 11.6. The zero-order valence-corrected chi connectivity index (χ0v) is 9.94. The molecular formula is C9H11ClN2O3S. The molecular weight excluding hydrogens is 252 g/mol. The number of nitrogens with one attached hydrogen (secondary N) is 2. The number of carbonyl (C=O) groups is 1.